The zero-order valence-corrected chi connectivity index (χ0v) is 17.9. The van der Waals surface area contributed by atoms with E-state index in [9.17, 15) is 9.59 Å². The van der Waals surface area contributed by atoms with Gasteiger partial charge in [0, 0.05) is 38.0 Å². The number of nitrogens with zero attached hydrogens (tertiary/aromatic N) is 3. The molecule has 1 fully saturated rings. The first-order valence-electron chi connectivity index (χ1n) is 10.7. The van der Waals surface area contributed by atoms with Crippen LogP contribution in [0, 0.1) is 11.8 Å². The van der Waals surface area contributed by atoms with Gasteiger partial charge in [0.15, 0.2) is 5.69 Å². The van der Waals surface area contributed by atoms with Crippen molar-refractivity contribution in [1.82, 2.24) is 25.3 Å². The third-order valence-electron chi connectivity index (χ3n) is 6.02. The maximum Gasteiger partial charge on any atom is 0.273 e. The summed E-state index contributed by atoms with van der Waals surface area (Å²) in [4.78, 5) is 25.2. The maximum absolute atomic E-state index is 13.2. The maximum atomic E-state index is 13.2. The van der Waals surface area contributed by atoms with Gasteiger partial charge in [-0.25, -0.2) is 0 Å². The highest BCUT2D eigenvalue weighted by molar-refractivity contribution is 6.02. The third kappa shape index (κ3) is 4.68. The number of amides is 2. The first kappa shape index (κ1) is 20.8. The van der Waals surface area contributed by atoms with Crippen LogP contribution in [-0.4, -0.2) is 38.8 Å². The van der Waals surface area contributed by atoms with Crippen LogP contribution in [0.4, 0.5) is 5.69 Å². The normalized spacial score (nSPS) is 18.5. The van der Waals surface area contributed by atoms with Gasteiger partial charge in [-0.3, -0.25) is 19.4 Å². The van der Waals surface area contributed by atoms with Crippen LogP contribution in [0.15, 0.2) is 42.7 Å². The molecule has 31 heavy (non-hydrogen) atoms. The van der Waals surface area contributed by atoms with E-state index in [1.165, 1.54) is 5.56 Å². The second-order valence-corrected chi connectivity index (χ2v) is 8.14. The number of benzene rings is 1. The summed E-state index contributed by atoms with van der Waals surface area (Å²) in [6.07, 6.45) is 8.40. The van der Waals surface area contributed by atoms with Gasteiger partial charge in [-0.1, -0.05) is 37.1 Å². The number of aromatic nitrogens is 4. The lowest BCUT2D eigenvalue weighted by Gasteiger charge is -2.30. The predicted octanol–water partition coefficient (Wildman–Crippen LogP) is 3.16. The lowest BCUT2D eigenvalue weighted by atomic mass is 9.75. The van der Waals surface area contributed by atoms with Crippen LogP contribution in [-0.2, 0) is 18.3 Å². The number of nitrogens with one attached hydrogen (secondary N) is 3. The Balaban J connectivity index is 1.46. The minimum Gasteiger partial charge on any atom is -0.354 e. The van der Waals surface area contributed by atoms with Crippen LogP contribution in [0.1, 0.15) is 41.7 Å². The van der Waals surface area contributed by atoms with E-state index in [2.05, 4.69) is 50.2 Å². The molecule has 1 saturated carbocycles. The Morgan fingerprint density at radius 3 is 2.65 bits per heavy atom. The number of aromatic amines is 1. The fourth-order valence-electron chi connectivity index (χ4n) is 4.42. The third-order valence-corrected chi connectivity index (χ3v) is 6.02. The van der Waals surface area contributed by atoms with Crippen molar-refractivity contribution in [1.29, 1.82) is 0 Å². The van der Waals surface area contributed by atoms with Gasteiger partial charge in [0.2, 0.25) is 5.91 Å². The van der Waals surface area contributed by atoms with Crippen LogP contribution in [0.3, 0.4) is 0 Å². The summed E-state index contributed by atoms with van der Waals surface area (Å²) >= 11 is 0. The quantitative estimate of drug-likeness (QED) is 0.570. The van der Waals surface area contributed by atoms with Crippen molar-refractivity contribution in [2.45, 2.75) is 32.1 Å². The molecule has 0 radical (unpaired) electrons. The lowest BCUT2D eigenvalue weighted by molar-refractivity contribution is -0.122. The molecule has 8 heteroatoms. The largest absolute Gasteiger partial charge is 0.354 e. The van der Waals surface area contributed by atoms with Gasteiger partial charge in [0.05, 0.1) is 11.4 Å². The Morgan fingerprint density at radius 2 is 1.94 bits per heavy atom. The van der Waals surface area contributed by atoms with Gasteiger partial charge >= 0.3 is 0 Å². The van der Waals surface area contributed by atoms with Gasteiger partial charge in [-0.05, 0) is 36.8 Å². The minimum atomic E-state index is -0.312. The molecular formula is C23H28N6O2. The molecule has 0 bridgehead atoms. The molecule has 3 aromatic rings. The van der Waals surface area contributed by atoms with Gasteiger partial charge < -0.3 is 10.6 Å². The molecule has 2 unspecified atom stereocenters. The van der Waals surface area contributed by atoms with Crippen molar-refractivity contribution in [3.8, 4) is 11.3 Å². The van der Waals surface area contributed by atoms with E-state index in [1.807, 2.05) is 12.3 Å². The molecule has 2 amide bonds. The molecule has 8 nitrogen and oxygen atoms in total. The molecule has 1 aliphatic carbocycles. The van der Waals surface area contributed by atoms with Crippen molar-refractivity contribution in [3.05, 3.63) is 54.0 Å². The second-order valence-electron chi connectivity index (χ2n) is 8.14. The molecule has 0 saturated heterocycles. The van der Waals surface area contributed by atoms with Crippen LogP contribution in [0.25, 0.3) is 11.3 Å². The fourth-order valence-corrected chi connectivity index (χ4v) is 4.42. The van der Waals surface area contributed by atoms with E-state index in [4.69, 9.17) is 0 Å². The van der Waals surface area contributed by atoms with Crippen LogP contribution < -0.4 is 10.6 Å². The number of aryl methyl sites for hydroxylation is 1. The zero-order valence-electron chi connectivity index (χ0n) is 17.9. The van der Waals surface area contributed by atoms with Crippen LogP contribution in [0.2, 0.25) is 0 Å². The van der Waals surface area contributed by atoms with Crippen molar-refractivity contribution >= 4 is 17.5 Å². The fraction of sp³-hybridized carbons (Fsp3) is 0.391. The van der Waals surface area contributed by atoms with Crippen molar-refractivity contribution in [2.75, 3.05) is 12.4 Å². The van der Waals surface area contributed by atoms with Crippen molar-refractivity contribution < 1.29 is 9.59 Å². The summed E-state index contributed by atoms with van der Waals surface area (Å²) in [7, 11) is 3.29. The molecule has 2 aromatic heterocycles. The summed E-state index contributed by atoms with van der Waals surface area (Å²) in [5, 5.41) is 16.8. The number of carbonyl (C=O) groups is 2. The number of hydrogen-bond acceptors (Lipinski definition) is 4. The average molecular weight is 421 g/mol. The Morgan fingerprint density at radius 1 is 1.16 bits per heavy atom. The number of anilines is 1. The summed E-state index contributed by atoms with van der Waals surface area (Å²) < 4.78 is 1.54. The van der Waals surface area contributed by atoms with E-state index in [1.54, 1.807) is 25.0 Å². The average Bonchev–Trinajstić information content (AvgIpc) is 3.44. The highest BCUT2D eigenvalue weighted by atomic mass is 16.2. The van der Waals surface area contributed by atoms with Gasteiger partial charge in [0.1, 0.15) is 0 Å². The van der Waals surface area contributed by atoms with Crippen molar-refractivity contribution in [2.24, 2.45) is 18.9 Å². The standard InChI is InChI=1S/C23H28N6O2/c1-24-23(31)21-20(14-29(2)28-21)26-22(30)18-6-4-3-5-17(18)13-15-7-9-16(10-8-15)19-11-12-25-27-19/h7-12,14,17-18H,3-6,13H2,1-2H3,(H,24,31)(H,25,27)(H,26,30). The smallest absolute Gasteiger partial charge is 0.273 e. The predicted molar refractivity (Wildman–Crippen MR) is 118 cm³/mol. The van der Waals surface area contributed by atoms with Gasteiger partial charge in [-0.15, -0.1) is 0 Å². The van der Waals surface area contributed by atoms with E-state index >= 15 is 0 Å². The topological polar surface area (TPSA) is 105 Å². The SMILES string of the molecule is CNC(=O)c1nn(C)cc1NC(=O)C1CCCCC1Cc1ccc(-c2cc[nH]n2)cc1. The summed E-state index contributed by atoms with van der Waals surface area (Å²) in [5.74, 6) is -0.160. The van der Waals surface area contributed by atoms with E-state index in [0.717, 1.165) is 43.4 Å². The number of hydrogen-bond donors (Lipinski definition) is 3. The lowest BCUT2D eigenvalue weighted by Crippen LogP contribution is -2.33. The first-order valence-corrected chi connectivity index (χ1v) is 10.7. The molecule has 3 N–H and O–H groups in total. The first-order chi connectivity index (χ1) is 15.0. The molecule has 1 aliphatic rings. The van der Waals surface area contributed by atoms with Crippen LogP contribution in [0.5, 0.6) is 0 Å². The van der Waals surface area contributed by atoms with E-state index in [0.29, 0.717) is 5.69 Å². The number of rotatable bonds is 6. The highest BCUT2D eigenvalue weighted by Crippen LogP contribution is 2.34. The van der Waals surface area contributed by atoms with E-state index < -0.39 is 0 Å². The molecule has 4 rings (SSSR count). The van der Waals surface area contributed by atoms with Crippen LogP contribution >= 0.6 is 0 Å². The molecule has 0 aliphatic heterocycles. The number of H-pyrrole nitrogens is 1. The monoisotopic (exact) mass is 420 g/mol. The van der Waals surface area contributed by atoms with Crippen molar-refractivity contribution in [3.63, 3.8) is 0 Å². The summed E-state index contributed by atoms with van der Waals surface area (Å²) in [5.41, 5.74) is 3.90. The molecule has 0 spiro atoms. The minimum absolute atomic E-state index is 0.0315. The van der Waals surface area contributed by atoms with Gasteiger partial charge in [-0.2, -0.15) is 10.2 Å². The zero-order chi connectivity index (χ0) is 21.8. The molecule has 2 heterocycles. The molecule has 2 atom stereocenters. The Hall–Kier alpha value is -3.42. The summed E-state index contributed by atoms with van der Waals surface area (Å²) in [6.45, 7) is 0. The summed E-state index contributed by atoms with van der Waals surface area (Å²) in [6, 6.07) is 10.3. The second kappa shape index (κ2) is 9.16. The molecular weight excluding hydrogens is 392 g/mol. The van der Waals surface area contributed by atoms with E-state index in [-0.39, 0.29) is 29.3 Å². The Bertz CT molecular complexity index is 1040. The Kier molecular flexibility index (Phi) is 6.16. The number of carbonyl (C=O) groups excluding carboxylic acids is 2. The Labute approximate surface area is 181 Å². The van der Waals surface area contributed by atoms with Gasteiger partial charge in [0.25, 0.3) is 5.91 Å². The highest BCUT2D eigenvalue weighted by Gasteiger charge is 2.32. The molecule has 1 aromatic carbocycles. The molecule has 162 valence electrons.